The predicted molar refractivity (Wildman–Crippen MR) is 90.3 cm³/mol. The summed E-state index contributed by atoms with van der Waals surface area (Å²) >= 11 is 0. The molecule has 0 bridgehead atoms. The van der Waals surface area contributed by atoms with Crippen molar-refractivity contribution in [3.05, 3.63) is 0 Å². The zero-order valence-electron chi connectivity index (χ0n) is 14.9. The molecule has 0 spiro atoms. The quantitative estimate of drug-likeness (QED) is 0.339. The normalized spacial score (nSPS) is 19.1. The van der Waals surface area contributed by atoms with E-state index in [9.17, 15) is 24.3 Å². The predicted octanol–water partition coefficient (Wildman–Crippen LogP) is -1.59. The minimum Gasteiger partial charge on any atom is -0.394 e. The van der Waals surface area contributed by atoms with Crippen LogP contribution in [-0.2, 0) is 19.2 Å². The lowest BCUT2D eigenvalue weighted by molar-refractivity contribution is -0.133. The second-order valence-corrected chi connectivity index (χ2v) is 6.49. The van der Waals surface area contributed by atoms with E-state index in [0.717, 1.165) is 0 Å². The lowest BCUT2D eigenvalue weighted by atomic mass is 10.0. The van der Waals surface area contributed by atoms with Crippen LogP contribution in [0.25, 0.3) is 0 Å². The number of nitrogens with one attached hydrogen (secondary N) is 4. The molecule has 1 rings (SSSR count). The summed E-state index contributed by atoms with van der Waals surface area (Å²) in [7, 11) is 0. The summed E-state index contributed by atoms with van der Waals surface area (Å²) in [5.74, 6) is -1.53. The molecule has 0 saturated carbocycles. The number of carbonyl (C=O) groups excluding carboxylic acids is 4. The maximum atomic E-state index is 12.3. The third-order valence-corrected chi connectivity index (χ3v) is 3.82. The zero-order valence-corrected chi connectivity index (χ0v) is 14.9. The highest BCUT2D eigenvalue weighted by molar-refractivity contribution is 5.95. The highest BCUT2D eigenvalue weighted by atomic mass is 16.3. The summed E-state index contributed by atoms with van der Waals surface area (Å²) in [6.45, 7) is 5.45. The molecule has 1 aliphatic heterocycles. The van der Waals surface area contributed by atoms with Crippen molar-refractivity contribution >= 4 is 23.6 Å². The maximum absolute atomic E-state index is 12.3. The van der Waals surface area contributed by atoms with Gasteiger partial charge in [0.1, 0.15) is 18.1 Å². The number of aliphatic hydroxyl groups excluding tert-OH is 1. The molecule has 0 aromatic carbocycles. The Morgan fingerprint density at radius 1 is 1.20 bits per heavy atom. The van der Waals surface area contributed by atoms with Crippen molar-refractivity contribution in [3.8, 4) is 0 Å². The smallest absolute Gasteiger partial charge is 0.245 e. The van der Waals surface area contributed by atoms with E-state index in [0.29, 0.717) is 19.4 Å². The molecule has 9 nitrogen and oxygen atoms in total. The number of aliphatic hydroxyl groups is 1. The Labute approximate surface area is 147 Å². The third kappa shape index (κ3) is 6.69. The van der Waals surface area contributed by atoms with Gasteiger partial charge in [-0.1, -0.05) is 13.8 Å². The van der Waals surface area contributed by atoms with Crippen LogP contribution in [-0.4, -0.2) is 60.0 Å². The van der Waals surface area contributed by atoms with Crippen LogP contribution in [0.3, 0.4) is 0 Å². The second-order valence-electron chi connectivity index (χ2n) is 6.49. The van der Waals surface area contributed by atoms with Gasteiger partial charge in [0.15, 0.2) is 0 Å². The molecular weight excluding hydrogens is 328 g/mol. The van der Waals surface area contributed by atoms with Crippen molar-refractivity contribution in [2.24, 2.45) is 5.92 Å². The minimum absolute atomic E-state index is 0.170. The SMILES string of the molecule is CCNC(=O)[C@H](CC(C)C)NC(=O)[C@@H](CO)NC(=O)[C@@H]1CCC(=O)N1. The van der Waals surface area contributed by atoms with Gasteiger partial charge in [-0.2, -0.15) is 0 Å². The summed E-state index contributed by atoms with van der Waals surface area (Å²) in [6.07, 6.45) is 1.03. The molecule has 1 aliphatic rings. The Kier molecular flexibility index (Phi) is 8.33. The molecule has 5 N–H and O–H groups in total. The van der Waals surface area contributed by atoms with Gasteiger partial charge in [-0.15, -0.1) is 0 Å². The molecule has 1 saturated heterocycles. The van der Waals surface area contributed by atoms with E-state index < -0.39 is 36.5 Å². The fourth-order valence-electron chi connectivity index (χ4n) is 2.55. The topological polar surface area (TPSA) is 137 Å². The van der Waals surface area contributed by atoms with E-state index in [1.165, 1.54) is 0 Å². The fraction of sp³-hybridized carbons (Fsp3) is 0.750. The summed E-state index contributed by atoms with van der Waals surface area (Å²) in [5, 5.41) is 19.5. The second kappa shape index (κ2) is 9.97. The first-order valence-corrected chi connectivity index (χ1v) is 8.57. The molecule has 0 radical (unpaired) electrons. The van der Waals surface area contributed by atoms with Crippen LogP contribution in [0, 0.1) is 5.92 Å². The van der Waals surface area contributed by atoms with Gasteiger partial charge in [0.25, 0.3) is 0 Å². The zero-order chi connectivity index (χ0) is 19.0. The van der Waals surface area contributed by atoms with Crippen LogP contribution in [0.2, 0.25) is 0 Å². The van der Waals surface area contributed by atoms with Crippen molar-refractivity contribution in [1.29, 1.82) is 0 Å². The fourth-order valence-corrected chi connectivity index (χ4v) is 2.55. The first kappa shape index (κ1) is 20.9. The maximum Gasteiger partial charge on any atom is 0.245 e. The molecule has 1 fully saturated rings. The molecule has 142 valence electrons. The standard InChI is InChI=1S/C16H28N4O5/c1-4-17-14(23)11(7-9(2)3)19-16(25)12(8-21)20-15(24)10-5-6-13(22)18-10/h9-12,21H,4-8H2,1-3H3,(H,17,23)(H,18,22)(H,19,25)(H,20,24)/t10-,11-,12+/m0/s1. The molecule has 0 aliphatic carbocycles. The molecule has 0 aromatic heterocycles. The molecule has 1 heterocycles. The number of likely N-dealkylation sites (N-methyl/N-ethyl adjacent to an activating group) is 1. The van der Waals surface area contributed by atoms with Crippen LogP contribution < -0.4 is 21.3 Å². The highest BCUT2D eigenvalue weighted by Gasteiger charge is 2.31. The van der Waals surface area contributed by atoms with Gasteiger partial charge in [0.05, 0.1) is 6.61 Å². The van der Waals surface area contributed by atoms with Crippen LogP contribution in [0.4, 0.5) is 0 Å². The van der Waals surface area contributed by atoms with Gasteiger partial charge in [0.2, 0.25) is 23.6 Å². The van der Waals surface area contributed by atoms with Crippen LogP contribution >= 0.6 is 0 Å². The summed E-state index contributed by atoms with van der Waals surface area (Å²) in [4.78, 5) is 47.6. The Bertz CT molecular complexity index is 509. The average molecular weight is 356 g/mol. The Balaban J connectivity index is 2.66. The number of amides is 4. The molecule has 0 aromatic rings. The van der Waals surface area contributed by atoms with Crippen molar-refractivity contribution in [3.63, 3.8) is 0 Å². The highest BCUT2D eigenvalue weighted by Crippen LogP contribution is 2.08. The lowest BCUT2D eigenvalue weighted by Gasteiger charge is -2.23. The number of hydrogen-bond donors (Lipinski definition) is 5. The lowest BCUT2D eigenvalue weighted by Crippen LogP contribution is -2.57. The van der Waals surface area contributed by atoms with Crippen LogP contribution in [0.15, 0.2) is 0 Å². The third-order valence-electron chi connectivity index (χ3n) is 3.82. The van der Waals surface area contributed by atoms with Crippen molar-refractivity contribution < 1.29 is 24.3 Å². The molecule has 9 heteroatoms. The largest absolute Gasteiger partial charge is 0.394 e. The van der Waals surface area contributed by atoms with Crippen molar-refractivity contribution in [1.82, 2.24) is 21.3 Å². The van der Waals surface area contributed by atoms with Gasteiger partial charge in [-0.05, 0) is 25.7 Å². The monoisotopic (exact) mass is 356 g/mol. The van der Waals surface area contributed by atoms with Gasteiger partial charge < -0.3 is 26.4 Å². The van der Waals surface area contributed by atoms with E-state index >= 15 is 0 Å². The van der Waals surface area contributed by atoms with Crippen LogP contribution in [0.5, 0.6) is 0 Å². The first-order valence-electron chi connectivity index (χ1n) is 8.57. The Hall–Kier alpha value is -2.16. The summed E-state index contributed by atoms with van der Waals surface area (Å²) in [6, 6.07) is -2.64. The number of carbonyl (C=O) groups is 4. The van der Waals surface area contributed by atoms with E-state index in [1.54, 1.807) is 6.92 Å². The summed E-state index contributed by atoms with van der Waals surface area (Å²) < 4.78 is 0. The number of hydrogen-bond acceptors (Lipinski definition) is 5. The minimum atomic E-state index is -1.19. The van der Waals surface area contributed by atoms with E-state index in [2.05, 4.69) is 21.3 Å². The van der Waals surface area contributed by atoms with E-state index in [1.807, 2.05) is 13.8 Å². The van der Waals surface area contributed by atoms with Gasteiger partial charge in [-0.3, -0.25) is 19.2 Å². The molecular formula is C16H28N4O5. The first-order chi connectivity index (χ1) is 11.8. The van der Waals surface area contributed by atoms with Gasteiger partial charge in [-0.25, -0.2) is 0 Å². The number of rotatable bonds is 9. The van der Waals surface area contributed by atoms with Gasteiger partial charge in [0, 0.05) is 13.0 Å². The van der Waals surface area contributed by atoms with Crippen LogP contribution in [0.1, 0.15) is 40.0 Å². The van der Waals surface area contributed by atoms with Crippen molar-refractivity contribution in [2.75, 3.05) is 13.2 Å². The van der Waals surface area contributed by atoms with E-state index in [-0.39, 0.29) is 24.2 Å². The van der Waals surface area contributed by atoms with E-state index in [4.69, 9.17) is 0 Å². The van der Waals surface area contributed by atoms with Gasteiger partial charge >= 0.3 is 0 Å². The van der Waals surface area contributed by atoms with Crippen molar-refractivity contribution in [2.45, 2.75) is 58.2 Å². The molecule has 4 amide bonds. The Morgan fingerprint density at radius 3 is 2.36 bits per heavy atom. The molecule has 25 heavy (non-hydrogen) atoms. The molecule has 3 atom stereocenters. The summed E-state index contributed by atoms with van der Waals surface area (Å²) in [5.41, 5.74) is 0. The average Bonchev–Trinajstić information content (AvgIpc) is 2.98. The Morgan fingerprint density at radius 2 is 1.88 bits per heavy atom. The molecule has 0 unspecified atom stereocenters.